The molecule has 29 heavy (non-hydrogen) atoms. The summed E-state index contributed by atoms with van der Waals surface area (Å²) in [5.41, 5.74) is 3.30. The van der Waals surface area contributed by atoms with Gasteiger partial charge in [0.2, 0.25) is 0 Å². The fourth-order valence-electron chi connectivity index (χ4n) is 2.49. The van der Waals surface area contributed by atoms with Gasteiger partial charge in [-0.25, -0.2) is 18.2 Å². The number of alkyl halides is 2. The van der Waals surface area contributed by atoms with Gasteiger partial charge in [0.05, 0.1) is 12.2 Å². The molecule has 1 aliphatic heterocycles. The average Bonchev–Trinajstić information content (AvgIpc) is 2.70. The molecular weight excluding hydrogens is 391 g/mol. The Morgan fingerprint density at radius 3 is 2.79 bits per heavy atom. The number of halogens is 3. The van der Waals surface area contributed by atoms with Crippen molar-refractivity contribution >= 4 is 17.6 Å². The quantitative estimate of drug-likeness (QED) is 0.788. The zero-order valence-corrected chi connectivity index (χ0v) is 14.7. The molecule has 11 heteroatoms. The van der Waals surface area contributed by atoms with Crippen molar-refractivity contribution in [3.8, 4) is 11.8 Å². The van der Waals surface area contributed by atoms with Crippen LogP contribution in [0.2, 0.25) is 0 Å². The van der Waals surface area contributed by atoms with Crippen LogP contribution >= 0.6 is 0 Å². The van der Waals surface area contributed by atoms with E-state index in [9.17, 15) is 18.0 Å². The Hall–Kier alpha value is -3.81. The number of rotatable bonds is 5. The highest BCUT2D eigenvalue weighted by atomic mass is 19.3. The zero-order chi connectivity index (χ0) is 21.0. The number of pyridine rings is 1. The summed E-state index contributed by atoms with van der Waals surface area (Å²) in [6, 6.07) is 7.33. The highest BCUT2D eigenvalue weighted by Gasteiger charge is 2.45. The van der Waals surface area contributed by atoms with Gasteiger partial charge in [-0.2, -0.15) is 10.3 Å². The number of ether oxygens (including phenoxy) is 2. The molecule has 0 spiro atoms. The molecule has 1 aromatic carbocycles. The molecule has 150 valence electrons. The minimum Gasteiger partial charge on any atom is -0.465 e. The van der Waals surface area contributed by atoms with Crippen molar-refractivity contribution in [2.45, 2.75) is 18.6 Å². The van der Waals surface area contributed by atoms with E-state index in [0.717, 1.165) is 12.1 Å². The number of carbonyl (C=O) groups excluding carboxylic acids is 1. The van der Waals surface area contributed by atoms with Gasteiger partial charge < -0.3 is 20.5 Å². The third-order valence-corrected chi connectivity index (χ3v) is 3.95. The van der Waals surface area contributed by atoms with Crippen LogP contribution in [0.4, 0.5) is 18.9 Å². The minimum atomic E-state index is -3.11. The van der Waals surface area contributed by atoms with E-state index in [1.165, 1.54) is 24.4 Å². The Kier molecular flexibility index (Phi) is 5.54. The average molecular weight is 405 g/mol. The van der Waals surface area contributed by atoms with Crippen LogP contribution in [0.15, 0.2) is 41.5 Å². The van der Waals surface area contributed by atoms with E-state index in [4.69, 9.17) is 20.5 Å². The lowest BCUT2D eigenvalue weighted by molar-refractivity contribution is -0.0922. The summed E-state index contributed by atoms with van der Waals surface area (Å²) in [4.78, 5) is 19.6. The molecule has 0 fully saturated rings. The molecule has 8 nitrogen and oxygen atoms in total. The first kappa shape index (κ1) is 19.9. The van der Waals surface area contributed by atoms with Crippen LogP contribution in [-0.4, -0.2) is 35.7 Å². The molecule has 3 rings (SSSR count). The third-order valence-electron chi connectivity index (χ3n) is 3.95. The number of aliphatic imine (C=N–C) groups is 1. The molecule has 1 amide bonds. The van der Waals surface area contributed by atoms with E-state index in [1.54, 1.807) is 0 Å². The summed E-state index contributed by atoms with van der Waals surface area (Å²) in [5.74, 6) is -2.13. The SMILES string of the molecule is N#Cc1ccc(C(=O)Nc2ccc(F)c(O[C@@]3(C(F)F)CCOC(N)=N3)c2)nc1. The van der Waals surface area contributed by atoms with Gasteiger partial charge in [-0.3, -0.25) is 4.79 Å². The van der Waals surface area contributed by atoms with Crippen LogP contribution in [0.3, 0.4) is 0 Å². The molecular formula is C18H14F3N5O3. The van der Waals surface area contributed by atoms with Crippen molar-refractivity contribution in [2.24, 2.45) is 10.7 Å². The number of carbonyl (C=O) groups is 1. The van der Waals surface area contributed by atoms with Crippen molar-refractivity contribution in [1.82, 2.24) is 4.98 Å². The number of hydrogen-bond acceptors (Lipinski definition) is 7. The highest BCUT2D eigenvalue weighted by Crippen LogP contribution is 2.34. The van der Waals surface area contributed by atoms with E-state index >= 15 is 0 Å². The third kappa shape index (κ3) is 4.37. The lowest BCUT2D eigenvalue weighted by Crippen LogP contribution is -2.48. The fourth-order valence-corrected chi connectivity index (χ4v) is 2.49. The van der Waals surface area contributed by atoms with Crippen LogP contribution in [-0.2, 0) is 4.74 Å². The molecule has 0 saturated heterocycles. The van der Waals surface area contributed by atoms with Gasteiger partial charge in [0.25, 0.3) is 24.1 Å². The largest absolute Gasteiger partial charge is 0.465 e. The first-order valence-corrected chi connectivity index (χ1v) is 8.25. The summed E-state index contributed by atoms with van der Waals surface area (Å²) >= 11 is 0. The van der Waals surface area contributed by atoms with Gasteiger partial charge in [-0.1, -0.05) is 0 Å². The number of anilines is 1. The molecule has 2 aromatic rings. The van der Waals surface area contributed by atoms with E-state index in [-0.39, 0.29) is 30.0 Å². The first-order valence-electron chi connectivity index (χ1n) is 8.25. The molecule has 2 heterocycles. The Labute approximate surface area is 162 Å². The molecule has 1 aliphatic rings. The van der Waals surface area contributed by atoms with Crippen LogP contribution in [0, 0.1) is 17.1 Å². The maximum absolute atomic E-state index is 14.2. The number of aromatic nitrogens is 1. The number of hydrogen-bond donors (Lipinski definition) is 2. The number of nitrogens with zero attached hydrogens (tertiary/aromatic N) is 3. The Morgan fingerprint density at radius 1 is 1.38 bits per heavy atom. The Balaban J connectivity index is 1.83. The predicted octanol–water partition coefficient (Wildman–Crippen LogP) is 2.42. The standard InChI is InChI=1S/C18H14F3N5O3/c19-12-3-2-11(25-15(27)13-4-1-10(8-22)9-24-13)7-14(12)29-18(16(20)21)5-6-28-17(23)26-18/h1-4,7,9,16H,5-6H2,(H2,23,26)(H,25,27)/t18-/m1/s1. The summed E-state index contributed by atoms with van der Waals surface area (Å²) in [7, 11) is 0. The normalized spacial score (nSPS) is 18.4. The summed E-state index contributed by atoms with van der Waals surface area (Å²) in [5, 5.41) is 11.2. The van der Waals surface area contributed by atoms with Gasteiger partial charge >= 0.3 is 0 Å². The van der Waals surface area contributed by atoms with Crippen molar-refractivity contribution in [3.05, 3.63) is 53.6 Å². The second-order valence-corrected chi connectivity index (χ2v) is 5.94. The van der Waals surface area contributed by atoms with E-state index in [2.05, 4.69) is 15.3 Å². The topological polar surface area (TPSA) is 123 Å². The molecule has 1 atom stereocenters. The Morgan fingerprint density at radius 2 is 2.17 bits per heavy atom. The maximum Gasteiger partial charge on any atom is 0.298 e. The summed E-state index contributed by atoms with van der Waals surface area (Å²) < 4.78 is 51.4. The predicted molar refractivity (Wildman–Crippen MR) is 94.9 cm³/mol. The molecule has 0 unspecified atom stereocenters. The second kappa shape index (κ2) is 8.05. The van der Waals surface area contributed by atoms with Crippen LogP contribution < -0.4 is 15.8 Å². The minimum absolute atomic E-state index is 0.00152. The lowest BCUT2D eigenvalue weighted by atomic mass is 10.1. The van der Waals surface area contributed by atoms with Crippen molar-refractivity contribution < 1.29 is 27.4 Å². The monoisotopic (exact) mass is 405 g/mol. The van der Waals surface area contributed by atoms with E-state index in [0.29, 0.717) is 0 Å². The number of amides is 1. The van der Waals surface area contributed by atoms with Gasteiger partial charge in [-0.15, -0.1) is 0 Å². The molecule has 0 bridgehead atoms. The van der Waals surface area contributed by atoms with Gasteiger partial charge in [0.15, 0.2) is 11.6 Å². The number of nitrogens with two attached hydrogens (primary N) is 1. The Bertz CT molecular complexity index is 991. The van der Waals surface area contributed by atoms with E-state index < -0.39 is 35.6 Å². The van der Waals surface area contributed by atoms with Crippen LogP contribution in [0.1, 0.15) is 22.5 Å². The van der Waals surface area contributed by atoms with E-state index in [1.807, 2.05) is 6.07 Å². The van der Waals surface area contributed by atoms with Gasteiger partial charge in [-0.05, 0) is 24.3 Å². The molecule has 1 aromatic heterocycles. The highest BCUT2D eigenvalue weighted by molar-refractivity contribution is 6.02. The molecule has 0 radical (unpaired) electrons. The first-order chi connectivity index (χ1) is 13.8. The van der Waals surface area contributed by atoms with Gasteiger partial charge in [0, 0.05) is 24.4 Å². The number of amidine groups is 1. The van der Waals surface area contributed by atoms with Crippen molar-refractivity contribution in [1.29, 1.82) is 5.26 Å². The molecule has 0 aliphatic carbocycles. The smallest absolute Gasteiger partial charge is 0.298 e. The maximum atomic E-state index is 14.2. The van der Waals surface area contributed by atoms with Crippen LogP contribution in [0.25, 0.3) is 0 Å². The second-order valence-electron chi connectivity index (χ2n) is 5.94. The van der Waals surface area contributed by atoms with Crippen molar-refractivity contribution in [2.75, 3.05) is 11.9 Å². The van der Waals surface area contributed by atoms with Gasteiger partial charge in [0.1, 0.15) is 11.8 Å². The van der Waals surface area contributed by atoms with Crippen LogP contribution in [0.5, 0.6) is 5.75 Å². The molecule has 0 saturated carbocycles. The lowest BCUT2D eigenvalue weighted by Gasteiger charge is -2.32. The summed E-state index contributed by atoms with van der Waals surface area (Å²) in [6.07, 6.45) is -2.24. The zero-order valence-electron chi connectivity index (χ0n) is 14.7. The number of nitrogens with one attached hydrogen (secondary N) is 1. The number of nitriles is 1. The van der Waals surface area contributed by atoms with Crippen molar-refractivity contribution in [3.63, 3.8) is 0 Å². The fraction of sp³-hybridized carbons (Fsp3) is 0.222. The summed E-state index contributed by atoms with van der Waals surface area (Å²) in [6.45, 7) is -0.178. The number of benzene rings is 1. The molecule has 3 N–H and O–H groups in total.